The van der Waals surface area contributed by atoms with Crippen LogP contribution in [0.1, 0.15) is 44.0 Å². The van der Waals surface area contributed by atoms with Crippen LogP contribution in [-0.2, 0) is 9.53 Å². The Morgan fingerprint density at radius 3 is 3.04 bits per heavy atom. The van der Waals surface area contributed by atoms with Crippen molar-refractivity contribution in [1.29, 1.82) is 0 Å². The van der Waals surface area contributed by atoms with E-state index in [2.05, 4.69) is 9.97 Å². The largest absolute Gasteiger partial charge is 0.501 e. The number of imidazole rings is 1. The lowest BCUT2D eigenvalue weighted by Crippen LogP contribution is -2.40. The van der Waals surface area contributed by atoms with E-state index < -0.39 is 0 Å². The SMILES string of the molecule is O=C(C1=COCCC1)N1CCCCC1c1ncc(-c2cccc(F)c2)[nH]1. The number of H-pyrrole nitrogens is 1. The van der Waals surface area contributed by atoms with Crippen molar-refractivity contribution in [1.82, 2.24) is 14.9 Å². The number of nitrogens with one attached hydrogen (secondary N) is 1. The molecule has 2 aliphatic heterocycles. The molecule has 4 rings (SSSR count). The van der Waals surface area contributed by atoms with Gasteiger partial charge in [0.15, 0.2) is 0 Å². The zero-order chi connectivity index (χ0) is 17.9. The molecule has 1 N–H and O–H groups in total. The fraction of sp³-hybridized carbons (Fsp3) is 0.400. The molecule has 0 saturated carbocycles. The smallest absolute Gasteiger partial charge is 0.253 e. The molecule has 2 aromatic rings. The summed E-state index contributed by atoms with van der Waals surface area (Å²) in [6.07, 6.45) is 7.88. The van der Waals surface area contributed by atoms with Crippen LogP contribution in [0, 0.1) is 5.82 Å². The predicted molar refractivity (Wildman–Crippen MR) is 95.6 cm³/mol. The molecule has 136 valence electrons. The van der Waals surface area contributed by atoms with Crippen molar-refractivity contribution in [2.75, 3.05) is 13.2 Å². The minimum atomic E-state index is -0.280. The van der Waals surface area contributed by atoms with E-state index in [1.165, 1.54) is 12.1 Å². The van der Waals surface area contributed by atoms with Gasteiger partial charge in [0, 0.05) is 12.1 Å². The Kier molecular flexibility index (Phi) is 4.73. The van der Waals surface area contributed by atoms with Crippen LogP contribution in [0.15, 0.2) is 42.3 Å². The quantitative estimate of drug-likeness (QED) is 0.906. The van der Waals surface area contributed by atoms with Gasteiger partial charge in [-0.15, -0.1) is 0 Å². The van der Waals surface area contributed by atoms with Crippen LogP contribution in [0.25, 0.3) is 11.3 Å². The number of amides is 1. The highest BCUT2D eigenvalue weighted by atomic mass is 19.1. The van der Waals surface area contributed by atoms with Crippen molar-refractivity contribution in [3.63, 3.8) is 0 Å². The molecule has 5 nitrogen and oxygen atoms in total. The first-order valence-corrected chi connectivity index (χ1v) is 9.15. The molecule has 1 unspecified atom stereocenters. The van der Waals surface area contributed by atoms with Crippen LogP contribution >= 0.6 is 0 Å². The van der Waals surface area contributed by atoms with E-state index in [1.54, 1.807) is 18.5 Å². The summed E-state index contributed by atoms with van der Waals surface area (Å²) in [5, 5.41) is 0. The standard InChI is InChI=1S/C20H22FN3O2/c21-16-7-3-5-14(11-16)17-12-22-19(23-17)18-8-1-2-9-24(18)20(25)15-6-4-10-26-13-15/h3,5,7,11-13,18H,1-2,4,6,8-10H2,(H,22,23). The molecule has 0 aliphatic carbocycles. The minimum absolute atomic E-state index is 0.0399. The number of nitrogens with zero attached hydrogens (tertiary/aromatic N) is 2. The maximum atomic E-state index is 13.5. The van der Waals surface area contributed by atoms with E-state index in [4.69, 9.17) is 4.74 Å². The molecular formula is C20H22FN3O2. The van der Waals surface area contributed by atoms with Crippen LogP contribution in [0.3, 0.4) is 0 Å². The Labute approximate surface area is 151 Å². The number of aromatic nitrogens is 2. The Morgan fingerprint density at radius 2 is 2.23 bits per heavy atom. The fourth-order valence-corrected chi connectivity index (χ4v) is 3.67. The Hall–Kier alpha value is -2.63. The number of hydrogen-bond acceptors (Lipinski definition) is 3. The third-order valence-corrected chi connectivity index (χ3v) is 5.02. The highest BCUT2D eigenvalue weighted by Crippen LogP contribution is 2.32. The van der Waals surface area contributed by atoms with Gasteiger partial charge in [0.1, 0.15) is 11.6 Å². The van der Waals surface area contributed by atoms with Crippen molar-refractivity contribution < 1.29 is 13.9 Å². The van der Waals surface area contributed by atoms with Crippen molar-refractivity contribution in [3.05, 3.63) is 53.9 Å². The summed E-state index contributed by atoms with van der Waals surface area (Å²) in [6.45, 7) is 1.40. The Bertz CT molecular complexity index is 830. The van der Waals surface area contributed by atoms with Crippen LogP contribution in [-0.4, -0.2) is 33.9 Å². The summed E-state index contributed by atoms with van der Waals surface area (Å²) in [6, 6.07) is 6.33. The van der Waals surface area contributed by atoms with Crippen LogP contribution in [0.4, 0.5) is 4.39 Å². The molecule has 3 heterocycles. The molecule has 1 atom stereocenters. The van der Waals surface area contributed by atoms with Gasteiger partial charge in [-0.1, -0.05) is 12.1 Å². The van der Waals surface area contributed by atoms with E-state index in [9.17, 15) is 9.18 Å². The summed E-state index contributed by atoms with van der Waals surface area (Å²) >= 11 is 0. The van der Waals surface area contributed by atoms with Crippen LogP contribution < -0.4 is 0 Å². The van der Waals surface area contributed by atoms with E-state index in [1.807, 2.05) is 11.0 Å². The normalized spacial score (nSPS) is 20.4. The number of halogens is 1. The van der Waals surface area contributed by atoms with Gasteiger partial charge in [0.25, 0.3) is 5.91 Å². The lowest BCUT2D eigenvalue weighted by molar-refractivity contribution is -0.131. The van der Waals surface area contributed by atoms with E-state index >= 15 is 0 Å². The number of rotatable bonds is 3. The molecule has 1 aromatic carbocycles. The highest BCUT2D eigenvalue weighted by Gasteiger charge is 2.32. The van der Waals surface area contributed by atoms with E-state index in [0.29, 0.717) is 6.61 Å². The second-order valence-electron chi connectivity index (χ2n) is 6.82. The second kappa shape index (κ2) is 7.32. The monoisotopic (exact) mass is 355 g/mol. The zero-order valence-corrected chi connectivity index (χ0v) is 14.6. The lowest BCUT2D eigenvalue weighted by Gasteiger charge is -2.35. The van der Waals surface area contributed by atoms with Crippen molar-refractivity contribution in [3.8, 4) is 11.3 Å². The van der Waals surface area contributed by atoms with Gasteiger partial charge in [-0.2, -0.15) is 0 Å². The van der Waals surface area contributed by atoms with Gasteiger partial charge in [0.2, 0.25) is 0 Å². The number of ether oxygens (including phenoxy) is 1. The summed E-state index contributed by atoms with van der Waals surface area (Å²) in [5.74, 6) is 0.519. The minimum Gasteiger partial charge on any atom is -0.501 e. The molecule has 1 saturated heterocycles. The van der Waals surface area contributed by atoms with Crippen LogP contribution in [0.2, 0.25) is 0 Å². The highest BCUT2D eigenvalue weighted by molar-refractivity contribution is 5.93. The van der Waals surface area contributed by atoms with Crippen LogP contribution in [0.5, 0.6) is 0 Å². The van der Waals surface area contributed by atoms with Crippen molar-refractivity contribution in [2.45, 2.75) is 38.1 Å². The fourth-order valence-electron chi connectivity index (χ4n) is 3.67. The number of aromatic amines is 1. The van der Waals surface area contributed by atoms with Gasteiger partial charge in [-0.25, -0.2) is 9.37 Å². The van der Waals surface area contributed by atoms with E-state index in [0.717, 1.165) is 61.3 Å². The third-order valence-electron chi connectivity index (χ3n) is 5.02. The molecule has 26 heavy (non-hydrogen) atoms. The third kappa shape index (κ3) is 3.36. The lowest BCUT2D eigenvalue weighted by atomic mass is 9.99. The summed E-state index contributed by atoms with van der Waals surface area (Å²) < 4.78 is 18.8. The average molecular weight is 355 g/mol. The van der Waals surface area contributed by atoms with Gasteiger partial charge >= 0.3 is 0 Å². The number of hydrogen-bond donors (Lipinski definition) is 1. The Balaban J connectivity index is 1.59. The number of carbonyl (C=O) groups excluding carboxylic acids is 1. The first-order chi connectivity index (χ1) is 12.7. The van der Waals surface area contributed by atoms with Crippen molar-refractivity contribution in [2.24, 2.45) is 0 Å². The number of piperidine rings is 1. The number of likely N-dealkylation sites (tertiary alicyclic amines) is 1. The molecule has 2 aliphatic rings. The molecule has 1 aromatic heterocycles. The molecule has 0 radical (unpaired) electrons. The van der Waals surface area contributed by atoms with E-state index in [-0.39, 0.29) is 17.8 Å². The zero-order valence-electron chi connectivity index (χ0n) is 14.6. The molecule has 6 heteroatoms. The first-order valence-electron chi connectivity index (χ1n) is 9.15. The van der Waals surface area contributed by atoms with Gasteiger partial charge in [-0.3, -0.25) is 4.79 Å². The maximum absolute atomic E-state index is 13.5. The molecule has 1 amide bonds. The van der Waals surface area contributed by atoms with Gasteiger partial charge in [-0.05, 0) is 44.2 Å². The molecular weight excluding hydrogens is 333 g/mol. The molecule has 0 bridgehead atoms. The Morgan fingerprint density at radius 1 is 1.31 bits per heavy atom. The van der Waals surface area contributed by atoms with Gasteiger partial charge < -0.3 is 14.6 Å². The molecule has 1 fully saturated rings. The summed E-state index contributed by atoms with van der Waals surface area (Å²) in [4.78, 5) is 22.6. The van der Waals surface area contributed by atoms with Gasteiger partial charge in [0.05, 0.1) is 36.4 Å². The summed E-state index contributed by atoms with van der Waals surface area (Å²) in [7, 11) is 0. The second-order valence-corrected chi connectivity index (χ2v) is 6.82. The number of carbonyl (C=O) groups is 1. The average Bonchev–Trinajstić information content (AvgIpc) is 3.18. The maximum Gasteiger partial charge on any atom is 0.253 e. The molecule has 0 spiro atoms. The first kappa shape index (κ1) is 16.8. The van der Waals surface area contributed by atoms with Crippen molar-refractivity contribution >= 4 is 5.91 Å². The number of benzene rings is 1. The summed E-state index contributed by atoms with van der Waals surface area (Å²) in [5.41, 5.74) is 2.25. The topological polar surface area (TPSA) is 58.2 Å². The predicted octanol–water partition coefficient (Wildman–Crippen LogP) is 3.96.